The number of carbonyl (C=O) groups is 1. The van der Waals surface area contributed by atoms with Crippen LogP contribution >= 0.6 is 22.6 Å². The summed E-state index contributed by atoms with van der Waals surface area (Å²) in [4.78, 5) is 11.0. The maximum atomic E-state index is 11.0. The third kappa shape index (κ3) is 3.03. The lowest BCUT2D eigenvalue weighted by atomic mass is 10.3. The second-order valence-electron chi connectivity index (χ2n) is 2.36. The highest BCUT2D eigenvalue weighted by Gasteiger charge is 2.02. The fraction of sp³-hybridized carbons (Fsp3) is 0.111. The average molecular weight is 286 g/mol. The van der Waals surface area contributed by atoms with Crippen LogP contribution in [0.4, 0.5) is 5.69 Å². The van der Waals surface area contributed by atoms with E-state index in [9.17, 15) is 4.79 Å². The molecule has 1 aromatic rings. The number of rotatable bonds is 2. The van der Waals surface area contributed by atoms with Crippen molar-refractivity contribution in [2.45, 2.75) is 6.42 Å². The Kier molecular flexibility index (Phi) is 3.71. The van der Waals surface area contributed by atoms with Crippen molar-refractivity contribution in [1.82, 2.24) is 0 Å². The monoisotopic (exact) mass is 286 g/mol. The Morgan fingerprint density at radius 1 is 1.54 bits per heavy atom. The van der Waals surface area contributed by atoms with Crippen molar-refractivity contribution in [1.29, 1.82) is 5.26 Å². The molecule has 1 N–H and O–H groups in total. The van der Waals surface area contributed by atoms with Crippen LogP contribution in [0.5, 0.6) is 0 Å². The van der Waals surface area contributed by atoms with Gasteiger partial charge in [-0.25, -0.2) is 0 Å². The summed E-state index contributed by atoms with van der Waals surface area (Å²) in [6, 6.07) is 9.21. The first-order valence-electron chi connectivity index (χ1n) is 3.65. The lowest BCUT2D eigenvalue weighted by Gasteiger charge is -2.03. The fourth-order valence-corrected chi connectivity index (χ4v) is 1.35. The van der Waals surface area contributed by atoms with Crippen LogP contribution in [0.3, 0.4) is 0 Å². The van der Waals surface area contributed by atoms with Gasteiger partial charge in [-0.3, -0.25) is 4.79 Å². The average Bonchev–Trinajstić information content (AvgIpc) is 2.09. The summed E-state index contributed by atoms with van der Waals surface area (Å²) < 4.78 is 0.964. The molecule has 0 fully saturated rings. The topological polar surface area (TPSA) is 52.9 Å². The molecule has 0 aliphatic heterocycles. The van der Waals surface area contributed by atoms with Crippen LogP contribution in [0.1, 0.15) is 6.42 Å². The zero-order chi connectivity index (χ0) is 9.68. The molecule has 0 atom stereocenters. The van der Waals surface area contributed by atoms with Crippen molar-refractivity contribution < 1.29 is 4.79 Å². The number of nitriles is 1. The predicted molar refractivity (Wildman–Crippen MR) is 58.0 cm³/mol. The molecule has 0 heterocycles. The van der Waals surface area contributed by atoms with Gasteiger partial charge in [0.15, 0.2) is 0 Å². The van der Waals surface area contributed by atoms with Gasteiger partial charge in [0.25, 0.3) is 0 Å². The molecular weight excluding hydrogens is 279 g/mol. The van der Waals surface area contributed by atoms with E-state index in [0.29, 0.717) is 0 Å². The minimum Gasteiger partial charge on any atom is -0.324 e. The van der Waals surface area contributed by atoms with Crippen molar-refractivity contribution in [3.63, 3.8) is 0 Å². The quantitative estimate of drug-likeness (QED) is 0.847. The van der Waals surface area contributed by atoms with Gasteiger partial charge in [0, 0.05) is 3.57 Å². The summed E-state index contributed by atoms with van der Waals surface area (Å²) in [5.74, 6) is -0.272. The Hall–Kier alpha value is -1.09. The van der Waals surface area contributed by atoms with Crippen LogP contribution in [-0.4, -0.2) is 5.91 Å². The van der Waals surface area contributed by atoms with E-state index in [1.54, 1.807) is 12.1 Å². The molecule has 3 nitrogen and oxygen atoms in total. The number of nitrogens with zero attached hydrogens (tertiary/aromatic N) is 1. The van der Waals surface area contributed by atoms with Crippen molar-refractivity contribution in [2.75, 3.05) is 5.32 Å². The van der Waals surface area contributed by atoms with E-state index in [2.05, 4.69) is 27.9 Å². The summed E-state index contributed by atoms with van der Waals surface area (Å²) >= 11 is 2.12. The Morgan fingerprint density at radius 2 is 2.23 bits per heavy atom. The molecular formula is C9H7IN2O. The molecule has 0 unspecified atom stereocenters. The van der Waals surface area contributed by atoms with Gasteiger partial charge < -0.3 is 5.32 Å². The van der Waals surface area contributed by atoms with Gasteiger partial charge in [0.2, 0.25) is 5.91 Å². The number of halogens is 1. The highest BCUT2D eigenvalue weighted by molar-refractivity contribution is 14.1. The lowest BCUT2D eigenvalue weighted by Crippen LogP contribution is -2.10. The molecule has 13 heavy (non-hydrogen) atoms. The highest BCUT2D eigenvalue weighted by atomic mass is 127. The summed E-state index contributed by atoms with van der Waals surface area (Å²) in [6.07, 6.45) is -0.106. The van der Waals surface area contributed by atoms with Crippen molar-refractivity contribution in [2.24, 2.45) is 0 Å². The largest absolute Gasteiger partial charge is 0.324 e. The maximum absolute atomic E-state index is 11.0. The second kappa shape index (κ2) is 4.82. The molecule has 4 heteroatoms. The van der Waals surface area contributed by atoms with Gasteiger partial charge in [0.05, 0.1) is 11.8 Å². The molecule has 1 amide bonds. The molecule has 0 saturated heterocycles. The summed E-state index contributed by atoms with van der Waals surface area (Å²) in [5, 5.41) is 10.9. The van der Waals surface area contributed by atoms with Crippen LogP contribution in [0.25, 0.3) is 0 Å². The van der Waals surface area contributed by atoms with Crippen LogP contribution in [-0.2, 0) is 4.79 Å². The normalized spacial score (nSPS) is 8.92. The van der Waals surface area contributed by atoms with Crippen LogP contribution < -0.4 is 5.32 Å². The molecule has 66 valence electrons. The summed E-state index contributed by atoms with van der Waals surface area (Å²) in [5.41, 5.74) is 0.753. The number of amides is 1. The number of nitrogens with one attached hydrogen (secondary N) is 1. The Morgan fingerprint density at radius 3 is 2.85 bits per heavy atom. The van der Waals surface area contributed by atoms with E-state index >= 15 is 0 Å². The molecule has 0 radical (unpaired) electrons. The van der Waals surface area contributed by atoms with E-state index in [4.69, 9.17) is 5.26 Å². The fourth-order valence-electron chi connectivity index (χ4n) is 0.829. The van der Waals surface area contributed by atoms with E-state index < -0.39 is 0 Å². The second-order valence-corrected chi connectivity index (χ2v) is 3.53. The molecule has 1 rings (SSSR count). The molecule has 0 aliphatic rings. The van der Waals surface area contributed by atoms with Crippen LogP contribution in [0, 0.1) is 14.9 Å². The van der Waals surface area contributed by atoms with E-state index in [1.165, 1.54) is 0 Å². The van der Waals surface area contributed by atoms with Crippen molar-refractivity contribution in [3.8, 4) is 6.07 Å². The van der Waals surface area contributed by atoms with Crippen molar-refractivity contribution >= 4 is 34.2 Å². The molecule has 0 bridgehead atoms. The third-order valence-electron chi connectivity index (χ3n) is 1.39. The Balaban J connectivity index is 2.70. The maximum Gasteiger partial charge on any atom is 0.238 e. The highest BCUT2D eigenvalue weighted by Crippen LogP contribution is 2.16. The Bertz CT molecular complexity index is 357. The van der Waals surface area contributed by atoms with E-state index in [0.717, 1.165) is 9.26 Å². The van der Waals surface area contributed by atoms with Gasteiger partial charge in [-0.2, -0.15) is 5.26 Å². The van der Waals surface area contributed by atoms with E-state index in [-0.39, 0.29) is 12.3 Å². The standard InChI is InChI=1S/C9H7IN2O/c10-7-3-1-2-4-8(7)12-9(13)5-6-11/h1-4H,5H2,(H,12,13). The number of para-hydroxylation sites is 1. The lowest BCUT2D eigenvalue weighted by molar-refractivity contribution is -0.115. The number of benzene rings is 1. The first-order valence-corrected chi connectivity index (χ1v) is 4.73. The minimum absolute atomic E-state index is 0.106. The predicted octanol–water partition coefficient (Wildman–Crippen LogP) is 2.14. The third-order valence-corrected chi connectivity index (χ3v) is 2.33. The number of hydrogen-bond acceptors (Lipinski definition) is 2. The first kappa shape index (κ1) is 9.99. The van der Waals surface area contributed by atoms with E-state index in [1.807, 2.05) is 18.2 Å². The van der Waals surface area contributed by atoms with Gasteiger partial charge in [-0.15, -0.1) is 0 Å². The van der Waals surface area contributed by atoms with Gasteiger partial charge in [-0.1, -0.05) is 12.1 Å². The van der Waals surface area contributed by atoms with Gasteiger partial charge in [0.1, 0.15) is 6.42 Å². The molecule has 0 aromatic heterocycles. The molecule has 0 saturated carbocycles. The molecule has 0 aliphatic carbocycles. The SMILES string of the molecule is N#CCC(=O)Nc1ccccc1I. The zero-order valence-corrected chi connectivity index (χ0v) is 8.91. The number of hydrogen-bond donors (Lipinski definition) is 1. The van der Waals surface area contributed by atoms with Crippen molar-refractivity contribution in [3.05, 3.63) is 27.8 Å². The summed E-state index contributed by atoms with van der Waals surface area (Å²) in [6.45, 7) is 0. The summed E-state index contributed by atoms with van der Waals surface area (Å²) in [7, 11) is 0. The number of carbonyl (C=O) groups excluding carboxylic acids is 1. The smallest absolute Gasteiger partial charge is 0.238 e. The molecule has 1 aromatic carbocycles. The first-order chi connectivity index (χ1) is 6.24. The van der Waals surface area contributed by atoms with Crippen LogP contribution in [0.15, 0.2) is 24.3 Å². The number of anilines is 1. The zero-order valence-electron chi connectivity index (χ0n) is 6.75. The van der Waals surface area contributed by atoms with Gasteiger partial charge >= 0.3 is 0 Å². The van der Waals surface area contributed by atoms with Gasteiger partial charge in [-0.05, 0) is 34.7 Å². The van der Waals surface area contributed by atoms with Crippen LogP contribution in [0.2, 0.25) is 0 Å². The Labute approximate surface area is 89.9 Å². The minimum atomic E-state index is -0.272. The molecule has 0 spiro atoms.